The molecule has 0 radical (unpaired) electrons. The molecule has 1 aliphatic carbocycles. The molecule has 128 valence electrons. The summed E-state index contributed by atoms with van der Waals surface area (Å²) in [5.41, 5.74) is 4.39. The van der Waals surface area contributed by atoms with Gasteiger partial charge >= 0.3 is 0 Å². The van der Waals surface area contributed by atoms with Crippen LogP contribution >= 0.6 is 9.24 Å². The van der Waals surface area contributed by atoms with Crippen LogP contribution < -0.4 is 5.30 Å². The summed E-state index contributed by atoms with van der Waals surface area (Å²) in [4.78, 5) is 0. The van der Waals surface area contributed by atoms with E-state index in [9.17, 15) is 0 Å². The summed E-state index contributed by atoms with van der Waals surface area (Å²) in [5, 5.41) is 6.69. The summed E-state index contributed by atoms with van der Waals surface area (Å²) in [7, 11) is 2.98. The highest BCUT2D eigenvalue weighted by molar-refractivity contribution is 7.28. The Kier molecular flexibility index (Phi) is 4.03. The SMILES string of the molecule is Pc1ccc2ccccc2c1-c1c(C2CCCC2)ccc2ccccc12. The third kappa shape index (κ3) is 2.56. The van der Waals surface area contributed by atoms with Gasteiger partial charge in [0.2, 0.25) is 0 Å². The van der Waals surface area contributed by atoms with Crippen molar-refractivity contribution in [2.24, 2.45) is 0 Å². The maximum Gasteiger partial charge on any atom is -0.00246 e. The van der Waals surface area contributed by atoms with Crippen LogP contribution in [0.3, 0.4) is 0 Å². The second-order valence-electron chi connectivity index (χ2n) is 7.48. The van der Waals surface area contributed by atoms with Gasteiger partial charge in [0.25, 0.3) is 0 Å². The van der Waals surface area contributed by atoms with E-state index in [1.807, 2.05) is 0 Å². The Bertz CT molecular complexity index is 1100. The first-order chi connectivity index (χ1) is 12.8. The van der Waals surface area contributed by atoms with E-state index in [4.69, 9.17) is 0 Å². The maximum absolute atomic E-state index is 2.98. The van der Waals surface area contributed by atoms with E-state index in [0.29, 0.717) is 5.92 Å². The molecule has 1 fully saturated rings. The van der Waals surface area contributed by atoms with Crippen LogP contribution in [0.2, 0.25) is 0 Å². The van der Waals surface area contributed by atoms with Crippen molar-refractivity contribution in [1.29, 1.82) is 0 Å². The molecule has 1 unspecified atom stereocenters. The number of benzene rings is 4. The van der Waals surface area contributed by atoms with E-state index in [1.54, 1.807) is 5.56 Å². The third-order valence-corrected chi connectivity index (χ3v) is 6.45. The fourth-order valence-electron chi connectivity index (χ4n) is 4.71. The number of rotatable bonds is 2. The molecule has 0 aromatic heterocycles. The minimum absolute atomic E-state index is 0.693. The van der Waals surface area contributed by atoms with Crippen LogP contribution in [0.25, 0.3) is 32.7 Å². The van der Waals surface area contributed by atoms with Gasteiger partial charge in [-0.15, -0.1) is 9.24 Å². The normalized spacial score (nSPS) is 15.1. The standard InChI is InChI=1S/C25H23P/c26-23-16-14-19-10-4-6-12-21(19)25(23)24-20-11-5-3-9-18(20)13-15-22(24)17-7-1-2-8-17/h3-6,9-17H,1-2,7-8,26H2. The summed E-state index contributed by atoms with van der Waals surface area (Å²) in [6.07, 6.45) is 5.37. The topological polar surface area (TPSA) is 0 Å². The molecule has 0 amide bonds. The van der Waals surface area contributed by atoms with Crippen LogP contribution in [0.5, 0.6) is 0 Å². The molecular formula is C25H23P. The van der Waals surface area contributed by atoms with E-state index < -0.39 is 0 Å². The van der Waals surface area contributed by atoms with Gasteiger partial charge in [-0.25, -0.2) is 0 Å². The number of fused-ring (bicyclic) bond motifs is 2. The molecule has 1 heteroatoms. The Morgan fingerprint density at radius 1 is 0.615 bits per heavy atom. The minimum Gasteiger partial charge on any atom is -0.105 e. The first kappa shape index (κ1) is 16.0. The molecule has 4 aromatic rings. The molecule has 0 saturated heterocycles. The van der Waals surface area contributed by atoms with Gasteiger partial charge in [0.1, 0.15) is 0 Å². The average Bonchev–Trinajstić information content (AvgIpc) is 3.22. The fourth-order valence-corrected chi connectivity index (χ4v) is 5.11. The van der Waals surface area contributed by atoms with Crippen LogP contribution in [0.1, 0.15) is 37.2 Å². The van der Waals surface area contributed by atoms with Crippen molar-refractivity contribution in [2.75, 3.05) is 0 Å². The Labute approximate surface area is 157 Å². The van der Waals surface area contributed by atoms with Gasteiger partial charge in [0, 0.05) is 0 Å². The maximum atomic E-state index is 2.98. The molecule has 0 heterocycles. The van der Waals surface area contributed by atoms with Crippen LogP contribution in [0.4, 0.5) is 0 Å². The van der Waals surface area contributed by atoms with Crippen molar-refractivity contribution in [2.45, 2.75) is 31.6 Å². The highest BCUT2D eigenvalue weighted by Gasteiger charge is 2.23. The first-order valence-corrected chi connectivity index (χ1v) is 10.2. The van der Waals surface area contributed by atoms with E-state index in [-0.39, 0.29) is 0 Å². The number of hydrogen-bond donors (Lipinski definition) is 0. The molecule has 0 spiro atoms. The molecule has 0 aliphatic heterocycles. The van der Waals surface area contributed by atoms with Crippen LogP contribution in [-0.2, 0) is 0 Å². The quantitative estimate of drug-likeness (QED) is 0.347. The summed E-state index contributed by atoms with van der Waals surface area (Å²) in [5.74, 6) is 0.693. The summed E-state index contributed by atoms with van der Waals surface area (Å²) < 4.78 is 0. The van der Waals surface area contributed by atoms with Gasteiger partial charge in [-0.2, -0.15) is 0 Å². The molecule has 0 bridgehead atoms. The second kappa shape index (κ2) is 6.53. The van der Waals surface area contributed by atoms with Crippen molar-refractivity contribution in [1.82, 2.24) is 0 Å². The molecule has 5 rings (SSSR count). The molecule has 26 heavy (non-hydrogen) atoms. The minimum atomic E-state index is 0.693. The molecule has 1 atom stereocenters. The number of hydrogen-bond acceptors (Lipinski definition) is 0. The Morgan fingerprint density at radius 2 is 1.19 bits per heavy atom. The second-order valence-corrected chi connectivity index (χ2v) is 8.11. The predicted molar refractivity (Wildman–Crippen MR) is 117 cm³/mol. The zero-order valence-corrected chi connectivity index (χ0v) is 16.1. The lowest BCUT2D eigenvalue weighted by atomic mass is 9.84. The highest BCUT2D eigenvalue weighted by Crippen LogP contribution is 2.44. The summed E-state index contributed by atoms with van der Waals surface area (Å²) >= 11 is 0. The smallest absolute Gasteiger partial charge is 0.00246 e. The van der Waals surface area contributed by atoms with Crippen molar-refractivity contribution >= 4 is 36.1 Å². The molecular weight excluding hydrogens is 331 g/mol. The Hall–Kier alpha value is -2.17. The van der Waals surface area contributed by atoms with Crippen LogP contribution in [-0.4, -0.2) is 0 Å². The van der Waals surface area contributed by atoms with E-state index in [0.717, 1.165) is 0 Å². The monoisotopic (exact) mass is 354 g/mol. The van der Waals surface area contributed by atoms with Crippen molar-refractivity contribution < 1.29 is 0 Å². The van der Waals surface area contributed by atoms with Crippen LogP contribution in [0.15, 0.2) is 72.8 Å². The Balaban J connectivity index is 1.92. The molecule has 0 nitrogen and oxygen atoms in total. The van der Waals surface area contributed by atoms with Gasteiger partial charge in [-0.05, 0) is 62.3 Å². The molecule has 4 aromatic carbocycles. The molecule has 1 saturated carbocycles. The predicted octanol–water partition coefficient (Wildman–Crippen LogP) is 6.82. The van der Waals surface area contributed by atoms with Gasteiger partial charge in [-0.1, -0.05) is 85.6 Å². The lowest BCUT2D eigenvalue weighted by Gasteiger charge is -2.21. The zero-order chi connectivity index (χ0) is 17.5. The van der Waals surface area contributed by atoms with Crippen molar-refractivity contribution in [3.8, 4) is 11.1 Å². The van der Waals surface area contributed by atoms with Gasteiger partial charge < -0.3 is 0 Å². The van der Waals surface area contributed by atoms with Crippen LogP contribution in [0, 0.1) is 0 Å². The lowest BCUT2D eigenvalue weighted by molar-refractivity contribution is 0.726. The lowest BCUT2D eigenvalue weighted by Crippen LogP contribution is -2.04. The Morgan fingerprint density at radius 3 is 1.88 bits per heavy atom. The van der Waals surface area contributed by atoms with Crippen molar-refractivity contribution in [3.05, 3.63) is 78.4 Å². The van der Waals surface area contributed by atoms with Gasteiger partial charge in [0.15, 0.2) is 0 Å². The molecule has 0 N–H and O–H groups in total. The zero-order valence-electron chi connectivity index (χ0n) is 14.9. The van der Waals surface area contributed by atoms with E-state index in [2.05, 4.69) is 82.0 Å². The average molecular weight is 354 g/mol. The van der Waals surface area contributed by atoms with Crippen molar-refractivity contribution in [3.63, 3.8) is 0 Å². The fraction of sp³-hybridized carbons (Fsp3) is 0.200. The third-order valence-electron chi connectivity index (χ3n) is 5.97. The summed E-state index contributed by atoms with van der Waals surface area (Å²) in [6, 6.07) is 26.9. The highest BCUT2D eigenvalue weighted by atomic mass is 31.0. The van der Waals surface area contributed by atoms with Gasteiger partial charge in [0.05, 0.1) is 0 Å². The first-order valence-electron chi connectivity index (χ1n) is 9.62. The van der Waals surface area contributed by atoms with Gasteiger partial charge in [-0.3, -0.25) is 0 Å². The van der Waals surface area contributed by atoms with E-state index >= 15 is 0 Å². The summed E-state index contributed by atoms with van der Waals surface area (Å²) in [6.45, 7) is 0. The largest absolute Gasteiger partial charge is 0.105 e. The molecule has 1 aliphatic rings. The van der Waals surface area contributed by atoms with E-state index in [1.165, 1.54) is 63.7 Å².